The Labute approximate surface area is 437 Å². The first-order valence-corrected chi connectivity index (χ1v) is 24.9. The molecule has 12 amide bonds. The summed E-state index contributed by atoms with van der Waals surface area (Å²) in [5.74, 6) is -8.47. The van der Waals surface area contributed by atoms with Crippen LogP contribution in [-0.4, -0.2) is 158 Å². The van der Waals surface area contributed by atoms with Gasteiger partial charge in [-0.1, -0.05) is 39.8 Å². The molecule has 27 nitrogen and oxygen atoms in total. The summed E-state index contributed by atoms with van der Waals surface area (Å²) in [6.45, 7) is 7.77. The minimum absolute atomic E-state index is 0.0153. The summed E-state index contributed by atoms with van der Waals surface area (Å²) in [5.41, 5.74) is 17.6. The van der Waals surface area contributed by atoms with E-state index in [4.69, 9.17) is 17.2 Å². The van der Waals surface area contributed by atoms with Crippen molar-refractivity contribution in [3.63, 3.8) is 0 Å². The van der Waals surface area contributed by atoms with Gasteiger partial charge in [0.25, 0.3) is 0 Å². The van der Waals surface area contributed by atoms with E-state index in [1.165, 1.54) is 26.0 Å². The highest BCUT2D eigenvalue weighted by molar-refractivity contribution is 5.96. The lowest BCUT2D eigenvalue weighted by Crippen LogP contribution is -2.55. The molecular formula is C48H80N14O13. The van der Waals surface area contributed by atoms with Crippen LogP contribution in [0.15, 0.2) is 24.3 Å². The lowest BCUT2D eigenvalue weighted by atomic mass is 10.0. The summed E-state index contributed by atoms with van der Waals surface area (Å²) >= 11 is 0. The summed E-state index contributed by atoms with van der Waals surface area (Å²) in [6.07, 6.45) is 3.12. The van der Waals surface area contributed by atoms with Crippen LogP contribution in [0.3, 0.4) is 0 Å². The van der Waals surface area contributed by atoms with Crippen LogP contribution < -0.4 is 75.7 Å². The average molecular weight is 1060 g/mol. The molecule has 0 unspecified atom stereocenters. The van der Waals surface area contributed by atoms with Crippen molar-refractivity contribution in [1.29, 1.82) is 0 Å². The number of benzene rings is 1. The molecule has 1 aromatic rings. The smallest absolute Gasteiger partial charge is 0.243 e. The van der Waals surface area contributed by atoms with Gasteiger partial charge in [-0.2, -0.15) is 0 Å². The number of phenols is 1. The van der Waals surface area contributed by atoms with Crippen LogP contribution in [0.2, 0.25) is 0 Å². The molecule has 0 aromatic heterocycles. The van der Waals surface area contributed by atoms with Gasteiger partial charge in [-0.15, -0.1) is 0 Å². The Bertz CT molecular complexity index is 2090. The first-order valence-electron chi connectivity index (χ1n) is 24.9. The van der Waals surface area contributed by atoms with Crippen LogP contribution in [0, 0.1) is 11.8 Å². The predicted octanol–water partition coefficient (Wildman–Crippen LogP) is -4.70. The minimum Gasteiger partial charge on any atom is -0.508 e. The minimum atomic E-state index is -1.19. The molecule has 0 aliphatic carbocycles. The number of primary amides is 1. The van der Waals surface area contributed by atoms with Crippen molar-refractivity contribution in [3.05, 3.63) is 29.8 Å². The lowest BCUT2D eigenvalue weighted by molar-refractivity contribution is -0.132. The summed E-state index contributed by atoms with van der Waals surface area (Å²) in [5, 5.41) is 36.7. The Balaban J connectivity index is 2.64. The third kappa shape index (κ3) is 29.8. The molecule has 420 valence electrons. The van der Waals surface area contributed by atoms with Crippen LogP contribution in [0.4, 0.5) is 0 Å². The summed E-state index contributed by atoms with van der Waals surface area (Å²) in [6, 6.07) is -0.584. The zero-order chi connectivity index (χ0) is 56.6. The Kier molecular flexibility index (Phi) is 31.2. The van der Waals surface area contributed by atoms with Crippen LogP contribution in [0.5, 0.6) is 5.75 Å². The third-order valence-corrected chi connectivity index (χ3v) is 10.9. The number of nitrogens with one attached hydrogen (secondary N) is 11. The predicted molar refractivity (Wildman–Crippen MR) is 274 cm³/mol. The Morgan fingerprint density at radius 2 is 0.947 bits per heavy atom. The first-order chi connectivity index (χ1) is 35.3. The zero-order valence-electron chi connectivity index (χ0n) is 43.8. The molecule has 0 bridgehead atoms. The highest BCUT2D eigenvalue weighted by Crippen LogP contribution is 2.13. The number of carbonyl (C=O) groups is 12. The number of unbranched alkanes of at least 4 members (excludes halogenated alkanes) is 2. The number of aromatic hydroxyl groups is 1. The standard InChI is InChI=1S/C48H80N14O13/c1-27(2)19-35(59-42(69)26-57-47(74)37(21-31-13-15-32(64)16-14-31)62-45(72)33(50)11-8-10-18-52-30(6)63)46(73)56-23-39(66)53-24-40(67)58-29(5)44(71)55-22-38(65)54-25-41(68)60-36(20-28(3)4)48(75)61-34(43(51)70)12-7-9-17-49/h13-16,27-29,33-37,64H,7-12,17-26,49-50H2,1-6H3,(H2,51,70)(H,52,63)(H,53,66)(H,54,65)(H,55,71)(H,56,73)(H,57,74)(H,58,67)(H,59,69)(H,60,68)(H,61,75)(H,62,72)/t29-,33-,34-,35-,36-,37-/m0/s1. The zero-order valence-corrected chi connectivity index (χ0v) is 43.8. The van der Waals surface area contributed by atoms with Gasteiger partial charge < -0.3 is 80.8 Å². The van der Waals surface area contributed by atoms with E-state index in [2.05, 4.69) is 58.5 Å². The van der Waals surface area contributed by atoms with Crippen LogP contribution in [0.1, 0.15) is 98.5 Å². The number of carbonyl (C=O) groups excluding carboxylic acids is 12. The number of hydrogen-bond acceptors (Lipinski definition) is 15. The molecule has 1 rings (SSSR count). The van der Waals surface area contributed by atoms with E-state index in [0.29, 0.717) is 44.3 Å². The number of rotatable bonds is 36. The van der Waals surface area contributed by atoms with E-state index < -0.39 is 134 Å². The van der Waals surface area contributed by atoms with Gasteiger partial charge >= 0.3 is 0 Å². The van der Waals surface area contributed by atoms with Crippen LogP contribution >= 0.6 is 0 Å². The van der Waals surface area contributed by atoms with Crippen molar-refractivity contribution >= 4 is 70.9 Å². The summed E-state index contributed by atoms with van der Waals surface area (Å²) in [4.78, 5) is 151. The van der Waals surface area contributed by atoms with Crippen LogP contribution in [-0.2, 0) is 64.0 Å². The van der Waals surface area contributed by atoms with Crippen molar-refractivity contribution in [2.24, 2.45) is 29.0 Å². The highest BCUT2D eigenvalue weighted by Gasteiger charge is 2.29. The molecule has 0 heterocycles. The Morgan fingerprint density at radius 3 is 1.45 bits per heavy atom. The fourth-order valence-electron chi connectivity index (χ4n) is 6.93. The highest BCUT2D eigenvalue weighted by atomic mass is 16.3. The lowest BCUT2D eigenvalue weighted by Gasteiger charge is -2.23. The van der Waals surface area contributed by atoms with E-state index >= 15 is 0 Å². The van der Waals surface area contributed by atoms with Gasteiger partial charge in [-0.25, -0.2) is 0 Å². The second-order valence-electron chi connectivity index (χ2n) is 18.8. The van der Waals surface area contributed by atoms with E-state index in [0.717, 1.165) is 0 Å². The molecule has 18 N–H and O–H groups in total. The van der Waals surface area contributed by atoms with E-state index in [-0.39, 0.29) is 55.6 Å². The van der Waals surface area contributed by atoms with Crippen molar-refractivity contribution in [2.75, 3.05) is 45.8 Å². The van der Waals surface area contributed by atoms with Crippen LogP contribution in [0.25, 0.3) is 0 Å². The summed E-state index contributed by atoms with van der Waals surface area (Å²) in [7, 11) is 0. The summed E-state index contributed by atoms with van der Waals surface area (Å²) < 4.78 is 0. The van der Waals surface area contributed by atoms with E-state index in [1.54, 1.807) is 26.0 Å². The molecule has 1 aromatic carbocycles. The molecule has 27 heteroatoms. The molecule has 6 atom stereocenters. The maximum absolute atomic E-state index is 13.4. The molecule has 0 radical (unpaired) electrons. The molecule has 75 heavy (non-hydrogen) atoms. The average Bonchev–Trinajstić information content (AvgIpc) is 3.34. The van der Waals surface area contributed by atoms with Gasteiger partial charge in [0.15, 0.2) is 0 Å². The van der Waals surface area contributed by atoms with Gasteiger partial charge in [-0.3, -0.25) is 57.5 Å². The molecule has 0 aliphatic heterocycles. The maximum atomic E-state index is 13.4. The van der Waals surface area contributed by atoms with Gasteiger partial charge in [0.1, 0.15) is 36.0 Å². The molecule has 0 aliphatic rings. The normalized spacial score (nSPS) is 13.3. The number of hydrogen-bond donors (Lipinski definition) is 15. The number of phenolic OH excluding ortho intramolecular Hbond substituents is 1. The third-order valence-electron chi connectivity index (χ3n) is 10.9. The van der Waals surface area contributed by atoms with Gasteiger partial charge in [0, 0.05) is 19.9 Å². The monoisotopic (exact) mass is 1060 g/mol. The molecule has 0 saturated carbocycles. The quantitative estimate of drug-likeness (QED) is 0.0281. The SMILES string of the molecule is CC(=O)NCCCC[C@H](N)C(=O)N[C@@H](Cc1ccc(O)cc1)C(=O)NCC(=O)N[C@@H](CC(C)C)C(=O)NCC(=O)NCC(=O)N[C@@H](C)C(=O)NCC(=O)NCC(=O)N[C@@H](CC(C)C)C(=O)N[C@@H](CCCCN)C(N)=O. The number of amides is 12. The second-order valence-corrected chi connectivity index (χ2v) is 18.8. The van der Waals surface area contributed by atoms with E-state index in [9.17, 15) is 62.6 Å². The first kappa shape index (κ1) is 65.6. The van der Waals surface area contributed by atoms with Crippen molar-refractivity contribution in [1.82, 2.24) is 58.5 Å². The molecule has 0 spiro atoms. The van der Waals surface area contributed by atoms with Gasteiger partial charge in [-0.05, 0) is 94.4 Å². The van der Waals surface area contributed by atoms with Gasteiger partial charge in [0.05, 0.1) is 38.8 Å². The number of nitrogens with two attached hydrogens (primary N) is 3. The largest absolute Gasteiger partial charge is 0.508 e. The van der Waals surface area contributed by atoms with Crippen molar-refractivity contribution in [3.8, 4) is 5.75 Å². The van der Waals surface area contributed by atoms with Gasteiger partial charge in [0.2, 0.25) is 70.9 Å². The fraction of sp³-hybridized carbons (Fsp3) is 0.625. The molecule has 0 saturated heterocycles. The Morgan fingerprint density at radius 1 is 0.493 bits per heavy atom. The molecule has 0 fully saturated rings. The Hall–Kier alpha value is -7.42. The topological polar surface area (TPSA) is 435 Å². The maximum Gasteiger partial charge on any atom is 0.243 e. The van der Waals surface area contributed by atoms with Crippen molar-refractivity contribution < 1.29 is 62.6 Å². The van der Waals surface area contributed by atoms with E-state index in [1.807, 2.05) is 13.8 Å². The molecular weight excluding hydrogens is 981 g/mol. The van der Waals surface area contributed by atoms with Crippen molar-refractivity contribution in [2.45, 2.75) is 136 Å². The second kappa shape index (κ2) is 35.7. The fourth-order valence-corrected chi connectivity index (χ4v) is 6.93.